The number of aromatic nitrogens is 2. The summed E-state index contributed by atoms with van der Waals surface area (Å²) in [4.78, 5) is 9.57. The summed E-state index contributed by atoms with van der Waals surface area (Å²) in [5.41, 5.74) is 2.45. The van der Waals surface area contributed by atoms with Crippen molar-refractivity contribution in [1.29, 1.82) is 0 Å². The van der Waals surface area contributed by atoms with Gasteiger partial charge in [-0.05, 0) is 17.9 Å². The Morgan fingerprint density at radius 2 is 2.33 bits per heavy atom. The van der Waals surface area contributed by atoms with Crippen LogP contribution in [-0.2, 0) is 4.43 Å². The first-order valence-corrected chi connectivity index (χ1v) is 5.97. The van der Waals surface area contributed by atoms with E-state index in [1.54, 1.807) is 17.7 Å². The van der Waals surface area contributed by atoms with Crippen molar-refractivity contribution in [2.24, 2.45) is 0 Å². The largest absolute Gasteiger partial charge is 0.240 e. The lowest BCUT2D eigenvalue weighted by Crippen LogP contribution is -1.87. The third-order valence-electron chi connectivity index (χ3n) is 1.76. The number of hydrogen-bond donors (Lipinski definition) is 0. The van der Waals surface area contributed by atoms with Crippen LogP contribution in [0.4, 0.5) is 0 Å². The summed E-state index contributed by atoms with van der Waals surface area (Å²) >= 11 is 4.02. The molecule has 2 aromatic heterocycles. The molecule has 0 fully saturated rings. The van der Waals surface area contributed by atoms with Gasteiger partial charge in [-0.1, -0.05) is 22.6 Å². The van der Waals surface area contributed by atoms with Crippen LogP contribution < -0.4 is 0 Å². The average Bonchev–Trinajstić information content (AvgIpc) is 2.48. The molecule has 0 unspecified atom stereocenters. The van der Waals surface area contributed by atoms with Crippen LogP contribution in [-0.4, -0.2) is 9.97 Å². The molecule has 0 bridgehead atoms. The van der Waals surface area contributed by atoms with Crippen LogP contribution >= 0.6 is 33.9 Å². The Morgan fingerprint density at radius 1 is 1.50 bits per heavy atom. The maximum atomic E-state index is 4.25. The highest BCUT2D eigenvalue weighted by Gasteiger charge is 2.06. The second-order valence-corrected chi connectivity index (χ2v) is 4.17. The zero-order chi connectivity index (χ0) is 8.55. The van der Waals surface area contributed by atoms with E-state index in [0.29, 0.717) is 0 Å². The summed E-state index contributed by atoms with van der Waals surface area (Å²) in [6, 6.07) is 0. The molecule has 0 aliphatic heterocycles. The van der Waals surface area contributed by atoms with Crippen LogP contribution in [0.25, 0.3) is 10.2 Å². The van der Waals surface area contributed by atoms with Gasteiger partial charge in [-0.3, -0.25) is 0 Å². The number of alkyl halides is 1. The highest BCUT2D eigenvalue weighted by molar-refractivity contribution is 14.1. The van der Waals surface area contributed by atoms with Gasteiger partial charge in [0.15, 0.2) is 0 Å². The van der Waals surface area contributed by atoms with E-state index in [9.17, 15) is 0 Å². The zero-order valence-corrected chi connectivity index (χ0v) is 9.52. The minimum absolute atomic E-state index is 0.953. The molecule has 0 aromatic carbocycles. The van der Waals surface area contributed by atoms with Gasteiger partial charge in [0.05, 0.1) is 5.69 Å². The number of halogens is 1. The Morgan fingerprint density at radius 3 is 3.08 bits per heavy atom. The molecule has 2 heterocycles. The molecule has 0 atom stereocenters. The van der Waals surface area contributed by atoms with Crippen molar-refractivity contribution in [3.63, 3.8) is 0 Å². The van der Waals surface area contributed by atoms with E-state index in [2.05, 4.69) is 44.9 Å². The number of nitrogens with zero attached hydrogens (tertiary/aromatic N) is 2. The lowest BCUT2D eigenvalue weighted by Gasteiger charge is -1.96. The highest BCUT2D eigenvalue weighted by atomic mass is 127. The fourth-order valence-electron chi connectivity index (χ4n) is 1.19. The molecule has 62 valence electrons. The summed E-state index contributed by atoms with van der Waals surface area (Å²) in [6.45, 7) is 2.11. The van der Waals surface area contributed by atoms with E-state index in [4.69, 9.17) is 0 Å². The van der Waals surface area contributed by atoms with E-state index >= 15 is 0 Å². The second kappa shape index (κ2) is 3.26. The van der Waals surface area contributed by atoms with Gasteiger partial charge in [0, 0.05) is 9.81 Å². The fourth-order valence-corrected chi connectivity index (χ4v) is 2.68. The van der Waals surface area contributed by atoms with Crippen LogP contribution in [0.15, 0.2) is 11.7 Å². The zero-order valence-electron chi connectivity index (χ0n) is 6.54. The first-order chi connectivity index (χ1) is 5.83. The molecule has 2 rings (SSSR count). The maximum Gasteiger partial charge on any atom is 0.127 e. The average molecular weight is 290 g/mol. The van der Waals surface area contributed by atoms with Crippen molar-refractivity contribution in [2.75, 3.05) is 0 Å². The van der Waals surface area contributed by atoms with E-state index in [-0.39, 0.29) is 0 Å². The lowest BCUT2D eigenvalue weighted by atomic mass is 10.2. The van der Waals surface area contributed by atoms with E-state index in [1.807, 2.05) is 0 Å². The van der Waals surface area contributed by atoms with Gasteiger partial charge in [0.1, 0.15) is 11.2 Å². The van der Waals surface area contributed by atoms with Gasteiger partial charge in [-0.2, -0.15) is 0 Å². The Balaban J connectivity index is 2.84. The number of thiophene rings is 1. The van der Waals surface area contributed by atoms with E-state index in [0.717, 1.165) is 15.0 Å². The predicted octanol–water partition coefficient (Wildman–Crippen LogP) is 2.93. The number of rotatable bonds is 1. The van der Waals surface area contributed by atoms with Crippen LogP contribution in [0.5, 0.6) is 0 Å². The third-order valence-corrected chi connectivity index (χ3v) is 3.49. The fraction of sp³-hybridized carbons (Fsp3) is 0.250. The predicted molar refractivity (Wildman–Crippen MR) is 59.9 cm³/mol. The summed E-state index contributed by atoms with van der Waals surface area (Å²) in [5.74, 6) is 0. The number of fused-ring (bicyclic) bond motifs is 1. The Bertz CT molecular complexity index is 410. The molecule has 0 spiro atoms. The molecule has 0 aliphatic carbocycles. The van der Waals surface area contributed by atoms with Crippen molar-refractivity contribution in [1.82, 2.24) is 9.97 Å². The number of aryl methyl sites for hydroxylation is 1. The van der Waals surface area contributed by atoms with Gasteiger partial charge in [0.25, 0.3) is 0 Å². The second-order valence-electron chi connectivity index (χ2n) is 2.55. The van der Waals surface area contributed by atoms with Crippen molar-refractivity contribution < 1.29 is 0 Å². The monoisotopic (exact) mass is 290 g/mol. The normalized spacial score (nSPS) is 10.8. The quantitative estimate of drug-likeness (QED) is 0.596. The summed E-state index contributed by atoms with van der Waals surface area (Å²) < 4.78 is 0.953. The molecule has 0 saturated carbocycles. The van der Waals surface area contributed by atoms with Crippen LogP contribution in [0.1, 0.15) is 11.3 Å². The molecule has 0 N–H and O–H groups in total. The maximum absolute atomic E-state index is 4.25. The smallest absolute Gasteiger partial charge is 0.127 e. The Labute approximate surface area is 88.2 Å². The van der Waals surface area contributed by atoms with Crippen molar-refractivity contribution in [3.8, 4) is 0 Å². The summed E-state index contributed by atoms with van der Waals surface area (Å²) in [5, 5.41) is 3.38. The topological polar surface area (TPSA) is 25.8 Å². The van der Waals surface area contributed by atoms with Gasteiger partial charge in [-0.15, -0.1) is 11.3 Å². The summed E-state index contributed by atoms with van der Waals surface area (Å²) in [7, 11) is 0. The molecule has 0 aliphatic rings. The highest BCUT2D eigenvalue weighted by Crippen LogP contribution is 2.26. The third kappa shape index (κ3) is 1.22. The van der Waals surface area contributed by atoms with Gasteiger partial charge >= 0.3 is 0 Å². The van der Waals surface area contributed by atoms with Gasteiger partial charge < -0.3 is 0 Å². The van der Waals surface area contributed by atoms with E-state index in [1.165, 1.54) is 10.9 Å². The molecule has 2 aromatic rings. The van der Waals surface area contributed by atoms with Gasteiger partial charge in [-0.25, -0.2) is 9.97 Å². The minimum Gasteiger partial charge on any atom is -0.240 e. The van der Waals surface area contributed by atoms with Crippen molar-refractivity contribution in [3.05, 3.63) is 23.0 Å². The molecule has 0 saturated heterocycles. The minimum atomic E-state index is 0.953. The summed E-state index contributed by atoms with van der Waals surface area (Å²) in [6.07, 6.45) is 1.65. The van der Waals surface area contributed by atoms with Crippen LogP contribution in [0.3, 0.4) is 0 Å². The molecule has 4 heteroatoms. The Hall–Kier alpha value is -0.230. The molecule has 2 nitrogen and oxygen atoms in total. The molecular weight excluding hydrogens is 283 g/mol. The van der Waals surface area contributed by atoms with Gasteiger partial charge in [0.2, 0.25) is 0 Å². The van der Waals surface area contributed by atoms with Crippen molar-refractivity contribution in [2.45, 2.75) is 11.4 Å². The van der Waals surface area contributed by atoms with Crippen molar-refractivity contribution >= 4 is 44.1 Å². The molecule has 0 amide bonds. The number of hydrogen-bond acceptors (Lipinski definition) is 3. The first-order valence-electron chi connectivity index (χ1n) is 3.56. The van der Waals surface area contributed by atoms with E-state index < -0.39 is 0 Å². The molecule has 12 heavy (non-hydrogen) atoms. The Kier molecular flexibility index (Phi) is 2.27. The standard InChI is InChI=1S/C8H7IN2S/c1-5-3-12-8-7(5)6(2-9)10-4-11-8/h3-4H,2H2,1H3. The van der Waals surface area contributed by atoms with Crippen LogP contribution in [0.2, 0.25) is 0 Å². The molecule has 0 radical (unpaired) electrons. The molecular formula is C8H7IN2S. The first kappa shape index (κ1) is 8.37. The lowest BCUT2D eigenvalue weighted by molar-refractivity contribution is 1.15. The van der Waals surface area contributed by atoms with Crippen LogP contribution in [0, 0.1) is 6.92 Å². The SMILES string of the molecule is Cc1csc2ncnc(CI)c12.